The molecule has 0 spiro atoms. The van der Waals surface area contributed by atoms with Gasteiger partial charge in [-0.25, -0.2) is 0 Å². The van der Waals surface area contributed by atoms with E-state index in [1.165, 1.54) is 0 Å². The van der Waals surface area contributed by atoms with Crippen LogP contribution in [-0.4, -0.2) is 40.1 Å². The molecule has 0 fully saturated rings. The topological polar surface area (TPSA) is 47.6 Å². The fourth-order valence-corrected chi connectivity index (χ4v) is 1.33. The van der Waals surface area contributed by atoms with E-state index in [1.54, 1.807) is 0 Å². The van der Waals surface area contributed by atoms with E-state index in [2.05, 4.69) is 17.1 Å². The molecule has 1 rings (SSSR count). The molecule has 0 aliphatic heterocycles. The number of rotatable bonds is 7. The Balaban J connectivity index is 2.07. The highest BCUT2D eigenvalue weighted by atomic mass is 16.5. The number of carbonyl (C=O) groups is 1. The predicted molar refractivity (Wildman–Crippen MR) is 74.0 cm³/mol. The van der Waals surface area contributed by atoms with E-state index in [-0.39, 0.29) is 19.1 Å². The van der Waals surface area contributed by atoms with E-state index >= 15 is 0 Å². The van der Waals surface area contributed by atoms with Crippen LogP contribution in [0, 0.1) is 18.7 Å². The Hall–Kier alpha value is -1.93. The van der Waals surface area contributed by atoms with Crippen molar-refractivity contribution >= 4 is 13.8 Å². The Morgan fingerprint density at radius 1 is 1.42 bits per heavy atom. The lowest BCUT2D eigenvalue weighted by molar-refractivity contribution is -0.125. The van der Waals surface area contributed by atoms with Gasteiger partial charge < -0.3 is 14.8 Å². The molecule has 0 aliphatic carbocycles. The Morgan fingerprint density at radius 3 is 3.00 bits per heavy atom. The Bertz CT molecular complexity index is 465. The highest BCUT2D eigenvalue weighted by Gasteiger charge is 1.99. The molecule has 0 unspecified atom stereocenters. The van der Waals surface area contributed by atoms with Gasteiger partial charge in [0.05, 0.1) is 13.2 Å². The number of carbonyl (C=O) groups excluding carboxylic acids is 1. The third-order valence-corrected chi connectivity index (χ3v) is 2.20. The van der Waals surface area contributed by atoms with Crippen molar-refractivity contribution in [3.05, 3.63) is 29.8 Å². The van der Waals surface area contributed by atoms with Crippen LogP contribution in [0.25, 0.3) is 0 Å². The van der Waals surface area contributed by atoms with Crippen molar-refractivity contribution in [2.75, 3.05) is 26.4 Å². The minimum atomic E-state index is -0.224. The molecular formula is C14H16BNO3. The van der Waals surface area contributed by atoms with Crippen LogP contribution in [0.4, 0.5) is 0 Å². The second-order valence-corrected chi connectivity index (χ2v) is 3.82. The molecule has 19 heavy (non-hydrogen) atoms. The second kappa shape index (κ2) is 9.06. The van der Waals surface area contributed by atoms with E-state index in [4.69, 9.17) is 17.3 Å². The van der Waals surface area contributed by atoms with E-state index in [1.807, 2.05) is 31.2 Å². The highest BCUT2D eigenvalue weighted by molar-refractivity contribution is 6.22. The maximum Gasteiger partial charge on any atom is 0.246 e. The minimum absolute atomic E-state index is 0.0105. The molecule has 2 radical (unpaired) electrons. The van der Waals surface area contributed by atoms with Crippen molar-refractivity contribution in [1.82, 2.24) is 5.32 Å². The first-order valence-electron chi connectivity index (χ1n) is 5.94. The Kier molecular flexibility index (Phi) is 7.22. The van der Waals surface area contributed by atoms with Gasteiger partial charge in [-0.1, -0.05) is 18.1 Å². The largest absolute Gasteiger partial charge is 0.491 e. The van der Waals surface area contributed by atoms with Gasteiger partial charge in [-0.2, -0.15) is 5.82 Å². The maximum atomic E-state index is 11.2. The van der Waals surface area contributed by atoms with Gasteiger partial charge in [-0.05, 0) is 24.6 Å². The van der Waals surface area contributed by atoms with Gasteiger partial charge in [0, 0.05) is 0 Å². The zero-order valence-corrected chi connectivity index (χ0v) is 10.9. The molecule has 0 bridgehead atoms. The van der Waals surface area contributed by atoms with Crippen molar-refractivity contribution in [3.8, 4) is 17.5 Å². The van der Waals surface area contributed by atoms with Crippen molar-refractivity contribution < 1.29 is 14.3 Å². The van der Waals surface area contributed by atoms with Gasteiger partial charge in [0.2, 0.25) is 5.91 Å². The van der Waals surface area contributed by atoms with Crippen molar-refractivity contribution in [2.24, 2.45) is 0 Å². The zero-order valence-electron chi connectivity index (χ0n) is 10.9. The van der Waals surface area contributed by atoms with E-state index < -0.39 is 0 Å². The lowest BCUT2D eigenvalue weighted by atomic mass is 10.2. The molecule has 1 N–H and O–H groups in total. The maximum absolute atomic E-state index is 11.2. The van der Waals surface area contributed by atoms with E-state index in [9.17, 15) is 4.79 Å². The number of aryl methyl sites for hydroxylation is 1. The average molecular weight is 257 g/mol. The van der Waals surface area contributed by atoms with Crippen LogP contribution < -0.4 is 10.1 Å². The number of hydrogen-bond acceptors (Lipinski definition) is 3. The first-order chi connectivity index (χ1) is 9.22. The highest BCUT2D eigenvalue weighted by Crippen LogP contribution is 2.11. The summed E-state index contributed by atoms with van der Waals surface area (Å²) in [5, 5.41) is 2.54. The standard InChI is InChI=1S/C14H16BNO3/c1-12-4-2-5-13(10-12)19-9-8-18-11-14(17)16-7-3-6-15/h2,4-5,10H,7-9,11H2,1H3,(H,16,17). The normalized spacial score (nSPS) is 9.32. The summed E-state index contributed by atoms with van der Waals surface area (Å²) in [7, 11) is 4.96. The average Bonchev–Trinajstić information content (AvgIpc) is 2.39. The van der Waals surface area contributed by atoms with Gasteiger partial charge in [-0.15, -0.1) is 0 Å². The molecule has 0 atom stereocenters. The summed E-state index contributed by atoms with van der Waals surface area (Å²) >= 11 is 0. The quantitative estimate of drug-likeness (QED) is 0.443. The van der Waals surface area contributed by atoms with Crippen LogP contribution in [0.3, 0.4) is 0 Å². The summed E-state index contributed by atoms with van der Waals surface area (Å²) in [6.45, 7) is 2.98. The molecule has 1 aromatic carbocycles. The smallest absolute Gasteiger partial charge is 0.246 e. The lowest BCUT2D eigenvalue weighted by Gasteiger charge is -2.07. The molecule has 5 heteroatoms. The summed E-state index contributed by atoms with van der Waals surface area (Å²) < 4.78 is 10.6. The number of amides is 1. The summed E-state index contributed by atoms with van der Waals surface area (Å²) in [5.41, 5.74) is 1.14. The number of benzene rings is 1. The van der Waals surface area contributed by atoms with Crippen molar-refractivity contribution in [3.63, 3.8) is 0 Å². The van der Waals surface area contributed by atoms with Gasteiger partial charge >= 0.3 is 0 Å². The number of ether oxygens (including phenoxy) is 2. The molecule has 0 heterocycles. The van der Waals surface area contributed by atoms with Crippen LogP contribution in [-0.2, 0) is 9.53 Å². The lowest BCUT2D eigenvalue weighted by Crippen LogP contribution is -2.28. The van der Waals surface area contributed by atoms with E-state index in [0.29, 0.717) is 13.2 Å². The molecule has 98 valence electrons. The molecule has 1 aromatic rings. The fourth-order valence-electron chi connectivity index (χ4n) is 1.33. The Morgan fingerprint density at radius 2 is 2.26 bits per heavy atom. The van der Waals surface area contributed by atoms with Crippen molar-refractivity contribution in [2.45, 2.75) is 6.92 Å². The summed E-state index contributed by atoms with van der Waals surface area (Å²) in [5.74, 6) is 5.29. The number of nitrogens with one attached hydrogen (secondary N) is 1. The van der Waals surface area contributed by atoms with Gasteiger partial charge in [0.1, 0.15) is 19.0 Å². The first-order valence-corrected chi connectivity index (χ1v) is 5.94. The third kappa shape index (κ3) is 7.17. The van der Waals surface area contributed by atoms with Gasteiger partial charge in [0.25, 0.3) is 0 Å². The number of hydrogen-bond donors (Lipinski definition) is 1. The fraction of sp³-hybridized carbons (Fsp3) is 0.357. The van der Waals surface area contributed by atoms with Crippen LogP contribution in [0.15, 0.2) is 24.3 Å². The SMILES string of the molecule is [B]C#CCNC(=O)COCCOc1cccc(C)c1. The van der Waals surface area contributed by atoms with Crippen LogP contribution in [0.2, 0.25) is 0 Å². The monoisotopic (exact) mass is 257 g/mol. The molecule has 0 aromatic heterocycles. The summed E-state index contributed by atoms with van der Waals surface area (Å²) in [4.78, 5) is 11.2. The second-order valence-electron chi connectivity index (χ2n) is 3.82. The van der Waals surface area contributed by atoms with Crippen LogP contribution >= 0.6 is 0 Å². The molecule has 4 nitrogen and oxygen atoms in total. The third-order valence-electron chi connectivity index (χ3n) is 2.20. The molecule has 0 aliphatic rings. The van der Waals surface area contributed by atoms with Crippen molar-refractivity contribution in [1.29, 1.82) is 0 Å². The molecule has 0 saturated heterocycles. The predicted octanol–water partition coefficient (Wildman–Crippen LogP) is 0.636. The molecular weight excluding hydrogens is 241 g/mol. The van der Waals surface area contributed by atoms with Crippen LogP contribution in [0.5, 0.6) is 5.75 Å². The van der Waals surface area contributed by atoms with Gasteiger partial charge in [0.15, 0.2) is 7.85 Å². The van der Waals surface area contributed by atoms with E-state index in [0.717, 1.165) is 11.3 Å². The minimum Gasteiger partial charge on any atom is -0.491 e. The summed E-state index contributed by atoms with van der Waals surface area (Å²) in [6, 6.07) is 7.75. The van der Waals surface area contributed by atoms with Gasteiger partial charge in [-0.3, -0.25) is 4.79 Å². The molecule has 0 saturated carbocycles. The Labute approximate surface area is 114 Å². The molecule has 1 amide bonds. The zero-order chi connectivity index (χ0) is 13.9. The van der Waals surface area contributed by atoms with Crippen LogP contribution in [0.1, 0.15) is 5.56 Å². The summed E-state index contributed by atoms with van der Waals surface area (Å²) in [6.07, 6.45) is 0. The first kappa shape index (κ1) is 15.1.